The van der Waals surface area contributed by atoms with Crippen LogP contribution in [0, 0.1) is 0 Å². The number of hydrogen-bond donors (Lipinski definition) is 1. The summed E-state index contributed by atoms with van der Waals surface area (Å²) in [7, 11) is 0. The number of phenolic OH excluding ortho intramolecular Hbond substituents is 1. The maximum absolute atomic E-state index is 10.0. The van der Waals surface area contributed by atoms with Gasteiger partial charge in [-0.25, -0.2) is 0 Å². The molecule has 0 atom stereocenters. The minimum absolute atomic E-state index is 0.181. The van der Waals surface area contributed by atoms with Gasteiger partial charge in [-0.1, -0.05) is 36.4 Å². The fourth-order valence-electron chi connectivity index (χ4n) is 0.938. The summed E-state index contributed by atoms with van der Waals surface area (Å²) in [5.74, 6) is 0.181. The third kappa shape index (κ3) is 4.62. The zero-order valence-electron chi connectivity index (χ0n) is 8.21. The minimum atomic E-state index is 0.181. The van der Waals surface area contributed by atoms with E-state index in [0.29, 0.717) is 5.56 Å². The molecule has 0 saturated heterocycles. The molecule has 0 heterocycles. The molecule has 2 heteroatoms. The van der Waals surface area contributed by atoms with Gasteiger partial charge in [0.25, 0.3) is 0 Å². The molecule has 2 nitrogen and oxygen atoms in total. The summed E-state index contributed by atoms with van der Waals surface area (Å²) < 4.78 is 0. The van der Waals surface area contributed by atoms with Gasteiger partial charge in [-0.05, 0) is 24.3 Å². The van der Waals surface area contributed by atoms with Crippen LogP contribution < -0.4 is 0 Å². The molecule has 15 heavy (non-hydrogen) atoms. The highest BCUT2D eigenvalue weighted by atomic mass is 16.3. The summed E-state index contributed by atoms with van der Waals surface area (Å²) in [6, 6.07) is 18.1. The summed E-state index contributed by atoms with van der Waals surface area (Å²) in [5, 5.41) is 8.74. The lowest BCUT2D eigenvalue weighted by Gasteiger charge is -1.88. The summed E-state index contributed by atoms with van der Waals surface area (Å²) in [4.78, 5) is 10.0. The second-order valence-electron chi connectivity index (χ2n) is 2.86. The van der Waals surface area contributed by atoms with Gasteiger partial charge in [-0.3, -0.25) is 4.79 Å². The first-order valence-electron chi connectivity index (χ1n) is 4.57. The average molecular weight is 200 g/mol. The van der Waals surface area contributed by atoms with Crippen molar-refractivity contribution < 1.29 is 9.90 Å². The van der Waals surface area contributed by atoms with E-state index in [9.17, 15) is 4.79 Å². The van der Waals surface area contributed by atoms with Crippen molar-refractivity contribution >= 4 is 6.29 Å². The van der Waals surface area contributed by atoms with Crippen molar-refractivity contribution in [2.24, 2.45) is 0 Å². The molecule has 0 spiro atoms. The largest absolute Gasteiger partial charge is 0.508 e. The molecule has 0 unspecified atom stereocenters. The molecule has 0 aliphatic carbocycles. The van der Waals surface area contributed by atoms with Crippen molar-refractivity contribution in [2.45, 2.75) is 0 Å². The molecule has 0 saturated carbocycles. The van der Waals surface area contributed by atoms with E-state index in [-0.39, 0.29) is 5.75 Å². The Morgan fingerprint density at radius 1 is 0.800 bits per heavy atom. The van der Waals surface area contributed by atoms with Gasteiger partial charge in [0.15, 0.2) is 0 Å². The van der Waals surface area contributed by atoms with Gasteiger partial charge in [-0.2, -0.15) is 0 Å². The molecule has 0 aromatic heterocycles. The molecule has 1 N–H and O–H groups in total. The lowest BCUT2D eigenvalue weighted by Crippen LogP contribution is -1.74. The van der Waals surface area contributed by atoms with Crippen LogP contribution in [0.25, 0.3) is 0 Å². The molecule has 0 amide bonds. The van der Waals surface area contributed by atoms with Crippen LogP contribution in [-0.4, -0.2) is 11.4 Å². The zero-order chi connectivity index (χ0) is 10.9. The van der Waals surface area contributed by atoms with Crippen molar-refractivity contribution in [3.8, 4) is 5.75 Å². The van der Waals surface area contributed by atoms with Gasteiger partial charge >= 0.3 is 0 Å². The highest BCUT2D eigenvalue weighted by molar-refractivity contribution is 5.74. The Morgan fingerprint density at radius 2 is 1.20 bits per heavy atom. The van der Waals surface area contributed by atoms with Gasteiger partial charge in [0.05, 0.1) is 0 Å². The second-order valence-corrected chi connectivity index (χ2v) is 2.86. The van der Waals surface area contributed by atoms with Crippen molar-refractivity contribution in [3.05, 3.63) is 66.2 Å². The average Bonchev–Trinajstić information content (AvgIpc) is 2.33. The van der Waals surface area contributed by atoms with Crippen LogP contribution in [0.1, 0.15) is 10.4 Å². The monoisotopic (exact) mass is 200 g/mol. The van der Waals surface area contributed by atoms with E-state index < -0.39 is 0 Å². The predicted octanol–water partition coefficient (Wildman–Crippen LogP) is 2.89. The number of benzene rings is 2. The summed E-state index contributed by atoms with van der Waals surface area (Å²) in [6.07, 6.45) is 0.736. The Morgan fingerprint density at radius 3 is 1.53 bits per heavy atom. The summed E-state index contributed by atoms with van der Waals surface area (Å²) >= 11 is 0. The van der Waals surface area contributed by atoms with Gasteiger partial charge < -0.3 is 5.11 Å². The molecule has 2 aromatic rings. The minimum Gasteiger partial charge on any atom is -0.508 e. The van der Waals surface area contributed by atoms with Crippen LogP contribution in [0.2, 0.25) is 0 Å². The van der Waals surface area contributed by atoms with Crippen LogP contribution in [0.4, 0.5) is 0 Å². The predicted molar refractivity (Wildman–Crippen MR) is 59.9 cm³/mol. The molecular weight excluding hydrogens is 188 g/mol. The molecule has 2 rings (SSSR count). The van der Waals surface area contributed by atoms with Crippen molar-refractivity contribution in [2.75, 3.05) is 0 Å². The molecule has 2 aromatic carbocycles. The fraction of sp³-hybridized carbons (Fsp3) is 0. The first-order valence-corrected chi connectivity index (χ1v) is 4.57. The van der Waals surface area contributed by atoms with Crippen molar-refractivity contribution in [3.63, 3.8) is 0 Å². The number of carbonyl (C=O) groups excluding carboxylic acids is 1. The lowest BCUT2D eigenvalue weighted by atomic mass is 10.2. The van der Waals surface area contributed by atoms with Gasteiger partial charge in [0.2, 0.25) is 0 Å². The standard InChI is InChI=1S/C7H6O2.C6H6/c8-5-6-1-3-7(9)4-2-6;1-2-4-6-5-3-1/h1-5,9H;1-6H. The Hall–Kier alpha value is -2.09. The topological polar surface area (TPSA) is 37.3 Å². The number of hydrogen-bond acceptors (Lipinski definition) is 2. The molecule has 0 radical (unpaired) electrons. The number of phenols is 1. The van der Waals surface area contributed by atoms with E-state index in [1.807, 2.05) is 36.4 Å². The van der Waals surface area contributed by atoms with E-state index in [2.05, 4.69) is 0 Å². The van der Waals surface area contributed by atoms with Crippen LogP contribution in [0.3, 0.4) is 0 Å². The maximum Gasteiger partial charge on any atom is 0.150 e. The lowest BCUT2D eigenvalue weighted by molar-refractivity contribution is 0.112. The SMILES string of the molecule is O=Cc1ccc(O)cc1.c1ccccc1. The normalized spacial score (nSPS) is 8.53. The third-order valence-corrected chi connectivity index (χ3v) is 1.70. The van der Waals surface area contributed by atoms with Gasteiger partial charge in [0, 0.05) is 5.56 Å². The highest BCUT2D eigenvalue weighted by Crippen LogP contribution is 2.07. The third-order valence-electron chi connectivity index (χ3n) is 1.70. The fourth-order valence-corrected chi connectivity index (χ4v) is 0.938. The quantitative estimate of drug-likeness (QED) is 0.718. The second kappa shape index (κ2) is 6.38. The first-order chi connectivity index (χ1) is 7.33. The Kier molecular flexibility index (Phi) is 4.67. The van der Waals surface area contributed by atoms with E-state index in [4.69, 9.17) is 5.11 Å². The molecule has 0 aliphatic heterocycles. The molecule has 0 bridgehead atoms. The van der Waals surface area contributed by atoms with Gasteiger partial charge in [0.1, 0.15) is 12.0 Å². The molecular formula is C13H12O2. The first kappa shape index (κ1) is 11.0. The van der Waals surface area contributed by atoms with E-state index in [1.165, 1.54) is 12.1 Å². The van der Waals surface area contributed by atoms with E-state index >= 15 is 0 Å². The van der Waals surface area contributed by atoms with Crippen LogP contribution in [0.5, 0.6) is 5.75 Å². The van der Waals surface area contributed by atoms with Crippen LogP contribution in [-0.2, 0) is 0 Å². The van der Waals surface area contributed by atoms with E-state index in [0.717, 1.165) is 6.29 Å². The maximum atomic E-state index is 10.0. The van der Waals surface area contributed by atoms with Crippen LogP contribution in [0.15, 0.2) is 60.7 Å². The smallest absolute Gasteiger partial charge is 0.150 e. The number of carbonyl (C=O) groups is 1. The number of aromatic hydroxyl groups is 1. The number of aldehydes is 1. The van der Waals surface area contributed by atoms with Crippen LogP contribution >= 0.6 is 0 Å². The van der Waals surface area contributed by atoms with Gasteiger partial charge in [-0.15, -0.1) is 0 Å². The Balaban J connectivity index is 0.000000162. The summed E-state index contributed by atoms with van der Waals surface area (Å²) in [6.45, 7) is 0. The molecule has 0 fully saturated rings. The molecule has 0 aliphatic rings. The zero-order valence-corrected chi connectivity index (χ0v) is 8.21. The Labute approximate surface area is 88.8 Å². The number of rotatable bonds is 1. The summed E-state index contributed by atoms with van der Waals surface area (Å²) in [5.41, 5.74) is 0.577. The van der Waals surface area contributed by atoms with E-state index in [1.54, 1.807) is 12.1 Å². The Bertz CT molecular complexity index is 352. The highest BCUT2D eigenvalue weighted by Gasteiger charge is 1.86. The van der Waals surface area contributed by atoms with Crippen molar-refractivity contribution in [1.82, 2.24) is 0 Å². The van der Waals surface area contributed by atoms with Crippen molar-refractivity contribution in [1.29, 1.82) is 0 Å². The molecule has 76 valence electrons.